The van der Waals surface area contributed by atoms with Crippen LogP contribution in [0.5, 0.6) is 0 Å². The van der Waals surface area contributed by atoms with Gasteiger partial charge >= 0.3 is 0 Å². The molecule has 37 heavy (non-hydrogen) atoms. The molecular weight excluding hydrogens is 466 g/mol. The normalized spacial score (nSPS) is 14.0. The van der Waals surface area contributed by atoms with Crippen molar-refractivity contribution in [1.29, 1.82) is 0 Å². The highest BCUT2D eigenvalue weighted by molar-refractivity contribution is 6.09. The van der Waals surface area contributed by atoms with Crippen LogP contribution in [0.4, 0.5) is 8.78 Å². The van der Waals surface area contributed by atoms with Gasteiger partial charge in [-0.15, -0.1) is 0 Å². The molecule has 0 unspecified atom stereocenters. The molecule has 0 spiro atoms. The van der Waals surface area contributed by atoms with Crippen LogP contribution >= 0.6 is 0 Å². The minimum atomic E-state index is -0.926. The van der Waals surface area contributed by atoms with Gasteiger partial charge in [-0.2, -0.15) is 0 Å². The van der Waals surface area contributed by atoms with E-state index in [1.54, 1.807) is 0 Å². The van der Waals surface area contributed by atoms with Crippen molar-refractivity contribution in [2.24, 2.45) is 5.92 Å². The molecule has 1 amide bonds. The topological polar surface area (TPSA) is 42.0 Å². The number of carbonyl (C=O) groups is 1. The molecule has 0 atom stereocenters. The second-order valence-electron chi connectivity index (χ2n) is 10.4. The highest BCUT2D eigenvalue weighted by Crippen LogP contribution is 2.36. The molecule has 1 saturated carbocycles. The first kappa shape index (κ1) is 25.1. The van der Waals surface area contributed by atoms with Crippen molar-refractivity contribution in [2.45, 2.75) is 58.4 Å². The quantitative estimate of drug-likeness (QED) is 0.281. The second-order valence-corrected chi connectivity index (χ2v) is 10.4. The van der Waals surface area contributed by atoms with Crippen LogP contribution in [0.15, 0.2) is 66.7 Å². The van der Waals surface area contributed by atoms with E-state index in [4.69, 9.17) is 4.98 Å². The van der Waals surface area contributed by atoms with Crippen molar-refractivity contribution >= 4 is 16.8 Å². The van der Waals surface area contributed by atoms with E-state index in [0.717, 1.165) is 46.3 Å². The van der Waals surface area contributed by atoms with Gasteiger partial charge in [-0.25, -0.2) is 13.8 Å². The molecule has 5 rings (SSSR count). The third-order valence-electron chi connectivity index (χ3n) is 7.38. The first-order chi connectivity index (χ1) is 17.9. The molecule has 0 radical (unpaired) electrons. The van der Waals surface area contributed by atoms with Crippen LogP contribution in [0, 0.1) is 17.6 Å². The molecule has 1 aliphatic carbocycles. The zero-order chi connectivity index (χ0) is 25.9. The molecule has 3 aromatic carbocycles. The predicted octanol–water partition coefficient (Wildman–Crippen LogP) is 7.97. The Morgan fingerprint density at radius 2 is 1.68 bits per heavy atom. The van der Waals surface area contributed by atoms with Gasteiger partial charge in [-0.3, -0.25) is 4.79 Å². The van der Waals surface area contributed by atoms with E-state index >= 15 is 0 Å². The Morgan fingerprint density at radius 3 is 2.38 bits per heavy atom. The van der Waals surface area contributed by atoms with Gasteiger partial charge in [-0.1, -0.05) is 88.1 Å². The maximum absolute atomic E-state index is 13.7. The van der Waals surface area contributed by atoms with E-state index in [9.17, 15) is 13.6 Å². The minimum absolute atomic E-state index is 0.0364. The SMILES string of the molecule is CC(C)c1c(-c2ccccc2)nc2cc(CC3CCCC3)ccc2c1C(=O)NCc1ccc(F)c(F)c1. The smallest absolute Gasteiger partial charge is 0.252 e. The third kappa shape index (κ3) is 5.41. The summed E-state index contributed by atoms with van der Waals surface area (Å²) >= 11 is 0. The summed E-state index contributed by atoms with van der Waals surface area (Å²) < 4.78 is 27.1. The second kappa shape index (κ2) is 10.8. The molecule has 0 saturated heterocycles. The summed E-state index contributed by atoms with van der Waals surface area (Å²) in [6.07, 6.45) is 6.17. The molecule has 1 heterocycles. The zero-order valence-corrected chi connectivity index (χ0v) is 21.4. The number of hydrogen-bond donors (Lipinski definition) is 1. The molecule has 190 valence electrons. The molecule has 5 heteroatoms. The number of rotatable bonds is 7. The average molecular weight is 499 g/mol. The van der Waals surface area contributed by atoms with Crippen LogP contribution in [-0.4, -0.2) is 10.9 Å². The minimum Gasteiger partial charge on any atom is -0.348 e. The van der Waals surface area contributed by atoms with Crippen LogP contribution in [0.2, 0.25) is 0 Å². The first-order valence-electron chi connectivity index (χ1n) is 13.1. The van der Waals surface area contributed by atoms with E-state index in [2.05, 4.69) is 31.3 Å². The number of pyridine rings is 1. The molecular formula is C32H32F2N2O. The lowest BCUT2D eigenvalue weighted by Gasteiger charge is -2.20. The van der Waals surface area contributed by atoms with E-state index in [1.807, 2.05) is 36.4 Å². The maximum atomic E-state index is 13.7. The van der Waals surface area contributed by atoms with Crippen LogP contribution in [0.25, 0.3) is 22.2 Å². The van der Waals surface area contributed by atoms with Crippen LogP contribution in [0.3, 0.4) is 0 Å². The maximum Gasteiger partial charge on any atom is 0.252 e. The highest BCUT2D eigenvalue weighted by Gasteiger charge is 2.24. The van der Waals surface area contributed by atoms with E-state index < -0.39 is 11.6 Å². The van der Waals surface area contributed by atoms with Crippen LogP contribution < -0.4 is 5.32 Å². The molecule has 1 aromatic heterocycles. The Morgan fingerprint density at radius 1 is 0.946 bits per heavy atom. The van der Waals surface area contributed by atoms with Crippen molar-refractivity contribution in [3.8, 4) is 11.3 Å². The molecule has 4 aromatic rings. The number of halogens is 2. The molecule has 0 aliphatic heterocycles. The Hall–Kier alpha value is -3.60. The highest BCUT2D eigenvalue weighted by atomic mass is 19.2. The van der Waals surface area contributed by atoms with Gasteiger partial charge in [0.05, 0.1) is 16.8 Å². The molecule has 3 nitrogen and oxygen atoms in total. The van der Waals surface area contributed by atoms with Gasteiger partial charge in [0.25, 0.3) is 5.91 Å². The summed E-state index contributed by atoms with van der Waals surface area (Å²) in [4.78, 5) is 18.9. The Balaban J connectivity index is 1.60. The zero-order valence-electron chi connectivity index (χ0n) is 21.4. The van der Waals surface area contributed by atoms with Gasteiger partial charge in [-0.05, 0) is 53.1 Å². The fourth-order valence-corrected chi connectivity index (χ4v) is 5.54. The molecule has 1 N–H and O–H groups in total. The summed E-state index contributed by atoms with van der Waals surface area (Å²) in [6.45, 7) is 4.23. The number of fused-ring (bicyclic) bond motifs is 1. The summed E-state index contributed by atoms with van der Waals surface area (Å²) in [5.74, 6) is -1.33. The summed E-state index contributed by atoms with van der Waals surface area (Å²) in [6, 6.07) is 19.9. The van der Waals surface area contributed by atoms with Gasteiger partial charge in [0.2, 0.25) is 0 Å². The number of aromatic nitrogens is 1. The fourth-order valence-electron chi connectivity index (χ4n) is 5.54. The average Bonchev–Trinajstić information content (AvgIpc) is 3.41. The van der Waals surface area contributed by atoms with E-state index in [1.165, 1.54) is 37.3 Å². The van der Waals surface area contributed by atoms with Gasteiger partial charge in [0.15, 0.2) is 11.6 Å². The van der Waals surface area contributed by atoms with Gasteiger partial charge in [0.1, 0.15) is 0 Å². The molecule has 1 fully saturated rings. The number of hydrogen-bond acceptors (Lipinski definition) is 2. The number of nitrogens with zero attached hydrogens (tertiary/aromatic N) is 1. The van der Waals surface area contributed by atoms with Crippen molar-refractivity contribution in [3.63, 3.8) is 0 Å². The number of benzene rings is 3. The molecule has 0 bridgehead atoms. The first-order valence-corrected chi connectivity index (χ1v) is 13.1. The monoisotopic (exact) mass is 498 g/mol. The Kier molecular flexibility index (Phi) is 7.31. The van der Waals surface area contributed by atoms with Crippen LogP contribution in [0.1, 0.15) is 72.5 Å². The lowest BCUT2D eigenvalue weighted by molar-refractivity contribution is 0.0951. The van der Waals surface area contributed by atoms with Crippen molar-refractivity contribution in [2.75, 3.05) is 0 Å². The number of carbonyl (C=O) groups excluding carboxylic acids is 1. The van der Waals surface area contributed by atoms with Crippen molar-refractivity contribution in [3.05, 3.63) is 101 Å². The number of amides is 1. The summed E-state index contributed by atoms with van der Waals surface area (Å²) in [5.41, 5.74) is 5.79. The summed E-state index contributed by atoms with van der Waals surface area (Å²) in [5, 5.41) is 3.75. The predicted molar refractivity (Wildman–Crippen MR) is 144 cm³/mol. The van der Waals surface area contributed by atoms with E-state index in [-0.39, 0.29) is 18.4 Å². The van der Waals surface area contributed by atoms with Crippen molar-refractivity contribution < 1.29 is 13.6 Å². The molecule has 1 aliphatic rings. The van der Waals surface area contributed by atoms with Crippen molar-refractivity contribution in [1.82, 2.24) is 10.3 Å². The van der Waals surface area contributed by atoms with E-state index in [0.29, 0.717) is 17.0 Å². The Bertz CT molecular complexity index is 1430. The number of nitrogens with one attached hydrogen (secondary N) is 1. The van der Waals surface area contributed by atoms with Gasteiger partial charge in [0, 0.05) is 17.5 Å². The summed E-state index contributed by atoms with van der Waals surface area (Å²) in [7, 11) is 0. The van der Waals surface area contributed by atoms with Gasteiger partial charge < -0.3 is 5.32 Å². The Labute approximate surface area is 216 Å². The largest absolute Gasteiger partial charge is 0.348 e. The lowest BCUT2D eigenvalue weighted by atomic mass is 9.88. The third-order valence-corrected chi connectivity index (χ3v) is 7.38. The lowest BCUT2D eigenvalue weighted by Crippen LogP contribution is -2.25. The fraction of sp³-hybridized carbons (Fsp3) is 0.312. The standard InChI is InChI=1S/C32H32F2N2O/c1-20(2)29-30(32(37)35-19-23-13-15-26(33)27(34)17-23)25-14-12-22(16-21-8-6-7-9-21)18-28(25)36-31(29)24-10-4-3-5-11-24/h3-5,10-15,17-18,20-21H,6-9,16,19H2,1-2H3,(H,35,37). The van der Waals surface area contributed by atoms with Crippen LogP contribution in [-0.2, 0) is 13.0 Å².